The van der Waals surface area contributed by atoms with Crippen LogP contribution < -0.4 is 9.62 Å². The number of rotatable bonds is 9. The summed E-state index contributed by atoms with van der Waals surface area (Å²) >= 11 is 2.73. The van der Waals surface area contributed by atoms with Crippen molar-refractivity contribution in [3.05, 3.63) is 78.1 Å². The number of carbonyl (C=O) groups excluding carboxylic acids is 1. The first kappa shape index (κ1) is 22.9. The fourth-order valence-corrected chi connectivity index (χ4v) is 4.98. The van der Waals surface area contributed by atoms with Crippen molar-refractivity contribution in [3.8, 4) is 0 Å². The number of halogens is 1. The van der Waals surface area contributed by atoms with Crippen LogP contribution in [0.2, 0.25) is 0 Å². The molecular formula is C20H19FN4O3S3. The zero-order chi connectivity index (χ0) is 22.4. The van der Waals surface area contributed by atoms with Gasteiger partial charge < -0.3 is 0 Å². The molecule has 0 unspecified atom stereocenters. The normalized spacial score (nSPS) is 11.2. The van der Waals surface area contributed by atoms with Gasteiger partial charge in [0.1, 0.15) is 5.82 Å². The van der Waals surface area contributed by atoms with Crippen LogP contribution in [0.25, 0.3) is 0 Å². The Kier molecular flexibility index (Phi) is 7.42. The molecular weight excluding hydrogens is 459 g/mol. The molecule has 3 rings (SSSR count). The second kappa shape index (κ2) is 10.0. The number of nitrogens with one attached hydrogen (secondary N) is 1. The smallest absolute Gasteiger partial charge is 0.257 e. The molecule has 1 aromatic heterocycles. The minimum Gasteiger partial charge on any atom is -0.296 e. The molecule has 0 bridgehead atoms. The summed E-state index contributed by atoms with van der Waals surface area (Å²) in [6.45, 7) is 3.57. The van der Waals surface area contributed by atoms with Crippen LogP contribution in [0.4, 0.5) is 15.2 Å². The van der Waals surface area contributed by atoms with Crippen molar-refractivity contribution < 1.29 is 17.6 Å². The number of sulfonamides is 1. The topological polar surface area (TPSA) is 92.3 Å². The lowest BCUT2D eigenvalue weighted by Gasteiger charge is -2.23. The highest BCUT2D eigenvalue weighted by Crippen LogP contribution is 2.26. The largest absolute Gasteiger partial charge is 0.296 e. The van der Waals surface area contributed by atoms with E-state index in [2.05, 4.69) is 22.1 Å². The Labute approximate surface area is 188 Å². The first-order valence-corrected chi connectivity index (χ1v) is 12.6. The van der Waals surface area contributed by atoms with Gasteiger partial charge in [-0.15, -0.1) is 16.8 Å². The Bertz CT molecular complexity index is 1180. The van der Waals surface area contributed by atoms with Crippen molar-refractivity contribution in [2.75, 3.05) is 21.6 Å². The first-order chi connectivity index (χ1) is 14.8. The van der Waals surface area contributed by atoms with E-state index in [1.165, 1.54) is 41.3 Å². The van der Waals surface area contributed by atoms with Gasteiger partial charge in [-0.2, -0.15) is 0 Å². The molecule has 0 aliphatic carbocycles. The third-order valence-corrected chi connectivity index (χ3v) is 7.11. The summed E-state index contributed by atoms with van der Waals surface area (Å²) in [5, 5.41) is 11.0. The average Bonchev–Trinajstić information content (AvgIpc) is 3.18. The summed E-state index contributed by atoms with van der Waals surface area (Å²) in [6.07, 6.45) is 2.77. The van der Waals surface area contributed by atoms with Crippen molar-refractivity contribution in [1.82, 2.24) is 10.2 Å². The first-order valence-electron chi connectivity index (χ1n) is 8.97. The number of benzene rings is 2. The minimum atomic E-state index is -3.72. The van der Waals surface area contributed by atoms with Gasteiger partial charge in [0.2, 0.25) is 15.2 Å². The number of anilines is 2. The molecule has 31 heavy (non-hydrogen) atoms. The van der Waals surface area contributed by atoms with E-state index in [4.69, 9.17) is 0 Å². The average molecular weight is 479 g/mol. The number of carbonyl (C=O) groups is 1. The van der Waals surface area contributed by atoms with Crippen LogP contribution in [-0.2, 0) is 16.6 Å². The number of hydrogen-bond acceptors (Lipinski definition) is 7. The molecule has 162 valence electrons. The molecule has 0 saturated heterocycles. The van der Waals surface area contributed by atoms with Gasteiger partial charge in [0, 0.05) is 11.3 Å². The highest BCUT2D eigenvalue weighted by Gasteiger charge is 2.21. The van der Waals surface area contributed by atoms with Crippen molar-refractivity contribution in [2.45, 2.75) is 10.9 Å². The molecule has 0 fully saturated rings. The van der Waals surface area contributed by atoms with Crippen LogP contribution in [0.3, 0.4) is 0 Å². The maximum Gasteiger partial charge on any atom is 0.257 e. The third-order valence-electron chi connectivity index (χ3n) is 4.02. The Morgan fingerprint density at radius 1 is 1.23 bits per heavy atom. The van der Waals surface area contributed by atoms with Gasteiger partial charge >= 0.3 is 0 Å². The van der Waals surface area contributed by atoms with Crippen LogP contribution in [0.5, 0.6) is 0 Å². The summed E-state index contributed by atoms with van der Waals surface area (Å²) < 4.78 is 40.3. The molecule has 0 aliphatic heterocycles. The number of aromatic nitrogens is 2. The Balaban J connectivity index is 1.71. The monoisotopic (exact) mass is 478 g/mol. The fraction of sp³-hybridized carbons (Fsp3) is 0.150. The molecule has 7 nitrogen and oxygen atoms in total. The zero-order valence-electron chi connectivity index (χ0n) is 16.5. The van der Waals surface area contributed by atoms with Crippen molar-refractivity contribution >= 4 is 49.8 Å². The van der Waals surface area contributed by atoms with Crippen molar-refractivity contribution in [3.63, 3.8) is 0 Å². The van der Waals surface area contributed by atoms with Crippen LogP contribution in [-0.4, -0.2) is 36.5 Å². The SMILES string of the molecule is C=CCSc1nnc(NC(=O)c2ccc(CN(c3ccccc3F)S(C)(=O)=O)cc2)s1. The van der Waals surface area contributed by atoms with Gasteiger partial charge in [0.25, 0.3) is 5.91 Å². The maximum atomic E-state index is 14.1. The summed E-state index contributed by atoms with van der Waals surface area (Å²) in [7, 11) is -3.72. The summed E-state index contributed by atoms with van der Waals surface area (Å²) in [5.41, 5.74) is 0.938. The molecule has 1 amide bonds. The molecule has 11 heteroatoms. The van der Waals surface area contributed by atoms with Gasteiger partial charge in [-0.25, -0.2) is 12.8 Å². The van der Waals surface area contributed by atoms with E-state index < -0.39 is 15.8 Å². The van der Waals surface area contributed by atoms with Gasteiger partial charge in [0.15, 0.2) is 4.34 Å². The summed E-state index contributed by atoms with van der Waals surface area (Å²) in [6, 6.07) is 12.1. The highest BCUT2D eigenvalue weighted by atomic mass is 32.2. The number of nitrogens with zero attached hydrogens (tertiary/aromatic N) is 3. The van der Waals surface area contributed by atoms with E-state index in [0.717, 1.165) is 14.9 Å². The highest BCUT2D eigenvalue weighted by molar-refractivity contribution is 8.01. The minimum absolute atomic E-state index is 0.0341. The second-order valence-electron chi connectivity index (χ2n) is 6.34. The van der Waals surface area contributed by atoms with Gasteiger partial charge in [-0.3, -0.25) is 14.4 Å². The van der Waals surface area contributed by atoms with E-state index in [9.17, 15) is 17.6 Å². The Hall–Kier alpha value is -2.76. The molecule has 1 heterocycles. The second-order valence-corrected chi connectivity index (χ2v) is 10.5. The molecule has 0 spiro atoms. The Morgan fingerprint density at radius 2 is 1.94 bits per heavy atom. The van der Waals surface area contributed by atoms with Crippen LogP contribution in [0.1, 0.15) is 15.9 Å². The molecule has 2 aromatic carbocycles. The molecule has 3 aromatic rings. The fourth-order valence-electron chi connectivity index (χ4n) is 2.58. The van der Waals surface area contributed by atoms with Crippen molar-refractivity contribution in [1.29, 1.82) is 0 Å². The number of thioether (sulfide) groups is 1. The lowest BCUT2D eigenvalue weighted by atomic mass is 10.1. The zero-order valence-corrected chi connectivity index (χ0v) is 18.9. The van der Waals surface area contributed by atoms with E-state index >= 15 is 0 Å². The summed E-state index contributed by atoms with van der Waals surface area (Å²) in [5.74, 6) is -0.301. The predicted molar refractivity (Wildman–Crippen MR) is 123 cm³/mol. The van der Waals surface area contributed by atoms with Crippen LogP contribution in [0.15, 0.2) is 65.5 Å². The van der Waals surface area contributed by atoms with E-state index in [1.54, 1.807) is 36.4 Å². The molecule has 0 saturated carbocycles. The van der Waals surface area contributed by atoms with Crippen LogP contribution in [0, 0.1) is 5.82 Å². The maximum absolute atomic E-state index is 14.1. The molecule has 1 N–H and O–H groups in total. The van der Waals surface area contributed by atoms with Gasteiger partial charge in [-0.05, 0) is 29.8 Å². The number of amides is 1. The lowest BCUT2D eigenvalue weighted by Crippen LogP contribution is -2.30. The molecule has 0 radical (unpaired) electrons. The van der Waals surface area contributed by atoms with E-state index in [-0.39, 0.29) is 18.1 Å². The van der Waals surface area contributed by atoms with E-state index in [1.807, 2.05) is 0 Å². The van der Waals surface area contributed by atoms with Crippen molar-refractivity contribution in [2.24, 2.45) is 0 Å². The standard InChI is InChI=1S/C20H19FN4O3S3/c1-3-12-29-20-24-23-19(30-20)22-18(26)15-10-8-14(9-11-15)13-25(31(2,27)28)17-7-5-4-6-16(17)21/h3-11H,1,12-13H2,2H3,(H,22,23,26). The Morgan fingerprint density at radius 3 is 2.58 bits per heavy atom. The van der Waals surface area contributed by atoms with Crippen LogP contribution >= 0.6 is 23.1 Å². The third kappa shape index (κ3) is 6.12. The molecule has 0 atom stereocenters. The predicted octanol–water partition coefficient (Wildman–Crippen LogP) is 4.17. The van der Waals surface area contributed by atoms with E-state index in [0.29, 0.717) is 22.0 Å². The lowest BCUT2D eigenvalue weighted by molar-refractivity contribution is 0.102. The van der Waals surface area contributed by atoms with Gasteiger partial charge in [0.05, 0.1) is 18.5 Å². The molecule has 0 aliphatic rings. The van der Waals surface area contributed by atoms with Gasteiger partial charge in [-0.1, -0.05) is 53.4 Å². The number of hydrogen-bond donors (Lipinski definition) is 1. The number of para-hydroxylation sites is 1. The summed E-state index contributed by atoms with van der Waals surface area (Å²) in [4.78, 5) is 12.4. The quantitative estimate of drug-likeness (QED) is 0.282.